The van der Waals surface area contributed by atoms with Gasteiger partial charge in [0.25, 0.3) is 0 Å². The molecule has 3 amide bonds. The van der Waals surface area contributed by atoms with Crippen molar-refractivity contribution >= 4 is 44.6 Å². The molecular formula is C19H20FN3O5S. The molecule has 0 heterocycles. The molecule has 1 unspecified atom stereocenters. The molecule has 0 spiro atoms. The van der Waals surface area contributed by atoms with Gasteiger partial charge < -0.3 is 16.0 Å². The van der Waals surface area contributed by atoms with Crippen LogP contribution in [0.3, 0.4) is 0 Å². The first-order valence-electron chi connectivity index (χ1n) is 8.52. The molecule has 0 saturated carbocycles. The summed E-state index contributed by atoms with van der Waals surface area (Å²) in [6.45, 7) is 2.54. The molecule has 29 heavy (non-hydrogen) atoms. The number of anilines is 3. The number of carbonyl (C=O) groups is 3. The maximum absolute atomic E-state index is 12.9. The number of nitrogens with one attached hydrogen (secondary N) is 3. The predicted octanol–water partition coefficient (Wildman–Crippen LogP) is 2.16. The topological polar surface area (TPSA) is 121 Å². The number of benzene rings is 2. The van der Waals surface area contributed by atoms with Gasteiger partial charge >= 0.3 is 0 Å². The summed E-state index contributed by atoms with van der Waals surface area (Å²) in [5, 5.41) is 5.88. The smallest absolute Gasteiger partial charge is 0.242 e. The second-order valence-corrected chi connectivity index (χ2v) is 8.57. The second-order valence-electron chi connectivity index (χ2n) is 6.25. The van der Waals surface area contributed by atoms with Gasteiger partial charge in [0.1, 0.15) is 16.8 Å². The van der Waals surface area contributed by atoms with Gasteiger partial charge in [0.2, 0.25) is 17.7 Å². The SMILES string of the molecule is CC(=O)Nc1ccc(NC(=O)C(C)S(=O)(=O)CC(=O)Nc2ccc(F)cc2)cc1. The van der Waals surface area contributed by atoms with Gasteiger partial charge in [-0.3, -0.25) is 14.4 Å². The number of sulfone groups is 1. The molecular weight excluding hydrogens is 401 g/mol. The highest BCUT2D eigenvalue weighted by Crippen LogP contribution is 2.15. The van der Waals surface area contributed by atoms with E-state index in [1.165, 1.54) is 38.1 Å². The molecule has 0 aliphatic heterocycles. The first kappa shape index (κ1) is 22.0. The summed E-state index contributed by atoms with van der Waals surface area (Å²) >= 11 is 0. The Labute approximate surface area is 167 Å². The van der Waals surface area contributed by atoms with Crippen LogP contribution < -0.4 is 16.0 Å². The fraction of sp³-hybridized carbons (Fsp3) is 0.211. The van der Waals surface area contributed by atoms with Crippen molar-refractivity contribution in [2.75, 3.05) is 21.7 Å². The molecule has 154 valence electrons. The average Bonchev–Trinajstić information content (AvgIpc) is 2.63. The lowest BCUT2D eigenvalue weighted by Gasteiger charge is -2.14. The number of hydrogen-bond acceptors (Lipinski definition) is 5. The van der Waals surface area contributed by atoms with Crippen LogP contribution in [0.1, 0.15) is 13.8 Å². The van der Waals surface area contributed by atoms with Crippen LogP contribution in [0.25, 0.3) is 0 Å². The Kier molecular flexibility index (Phi) is 7.05. The van der Waals surface area contributed by atoms with Crippen LogP contribution in [-0.2, 0) is 24.2 Å². The van der Waals surface area contributed by atoms with Gasteiger partial charge in [-0.05, 0) is 55.5 Å². The largest absolute Gasteiger partial charge is 0.326 e. The number of halogens is 1. The fourth-order valence-electron chi connectivity index (χ4n) is 2.29. The Morgan fingerprint density at radius 1 is 0.862 bits per heavy atom. The number of amides is 3. The lowest BCUT2D eigenvalue weighted by atomic mass is 10.2. The molecule has 2 rings (SSSR count). The molecule has 1 atom stereocenters. The third-order valence-electron chi connectivity index (χ3n) is 3.84. The molecule has 0 aliphatic rings. The minimum atomic E-state index is -4.09. The van der Waals surface area contributed by atoms with E-state index >= 15 is 0 Å². The Morgan fingerprint density at radius 3 is 1.83 bits per heavy atom. The zero-order valence-electron chi connectivity index (χ0n) is 15.7. The summed E-state index contributed by atoms with van der Waals surface area (Å²) in [7, 11) is -4.09. The molecule has 2 aromatic rings. The minimum Gasteiger partial charge on any atom is -0.326 e. The molecule has 0 fully saturated rings. The van der Waals surface area contributed by atoms with E-state index in [2.05, 4.69) is 16.0 Å². The first-order chi connectivity index (χ1) is 13.6. The van der Waals surface area contributed by atoms with E-state index in [1.54, 1.807) is 12.1 Å². The average molecular weight is 421 g/mol. The Bertz CT molecular complexity index is 1010. The van der Waals surface area contributed by atoms with Crippen LogP contribution in [0.2, 0.25) is 0 Å². The zero-order chi connectivity index (χ0) is 21.6. The highest BCUT2D eigenvalue weighted by Gasteiger charge is 2.30. The normalized spacial score (nSPS) is 12.0. The van der Waals surface area contributed by atoms with Gasteiger partial charge in [0.05, 0.1) is 0 Å². The van der Waals surface area contributed by atoms with E-state index in [1.807, 2.05) is 0 Å². The third-order valence-corrected chi connectivity index (χ3v) is 5.80. The van der Waals surface area contributed by atoms with E-state index in [0.29, 0.717) is 11.4 Å². The standard InChI is InChI=1S/C19H20FN3O5S/c1-12(19(26)23-17-9-7-15(8-10-17)21-13(2)24)29(27,28)11-18(25)22-16-5-3-14(20)4-6-16/h3-10,12H,11H2,1-2H3,(H,21,24)(H,22,25)(H,23,26). The van der Waals surface area contributed by atoms with Crippen molar-refractivity contribution in [1.29, 1.82) is 0 Å². The molecule has 2 aromatic carbocycles. The van der Waals surface area contributed by atoms with Gasteiger partial charge in [0.15, 0.2) is 9.84 Å². The van der Waals surface area contributed by atoms with Gasteiger partial charge in [0, 0.05) is 24.0 Å². The van der Waals surface area contributed by atoms with Crippen molar-refractivity contribution < 1.29 is 27.2 Å². The lowest BCUT2D eigenvalue weighted by Crippen LogP contribution is -2.37. The molecule has 0 radical (unpaired) electrons. The van der Waals surface area contributed by atoms with E-state index < -0.39 is 38.5 Å². The molecule has 0 aromatic heterocycles. The number of hydrogen-bond donors (Lipinski definition) is 3. The van der Waals surface area contributed by atoms with E-state index in [4.69, 9.17) is 0 Å². The first-order valence-corrected chi connectivity index (χ1v) is 10.2. The summed E-state index contributed by atoms with van der Waals surface area (Å²) in [5.74, 6) is -3.28. The quantitative estimate of drug-likeness (QED) is 0.633. The van der Waals surface area contributed by atoms with Crippen LogP contribution in [0, 0.1) is 5.82 Å². The van der Waals surface area contributed by atoms with Gasteiger partial charge in [-0.1, -0.05) is 0 Å². The molecule has 0 saturated heterocycles. The Morgan fingerprint density at radius 2 is 1.31 bits per heavy atom. The van der Waals surface area contributed by atoms with E-state index in [9.17, 15) is 27.2 Å². The highest BCUT2D eigenvalue weighted by molar-refractivity contribution is 7.93. The highest BCUT2D eigenvalue weighted by atomic mass is 32.2. The monoisotopic (exact) mass is 421 g/mol. The molecule has 0 aliphatic carbocycles. The summed E-state index contributed by atoms with van der Waals surface area (Å²) < 4.78 is 37.6. The zero-order valence-corrected chi connectivity index (χ0v) is 16.5. The van der Waals surface area contributed by atoms with E-state index in [-0.39, 0.29) is 11.6 Å². The molecule has 3 N–H and O–H groups in total. The van der Waals surface area contributed by atoms with Gasteiger partial charge in [-0.25, -0.2) is 12.8 Å². The van der Waals surface area contributed by atoms with Crippen molar-refractivity contribution in [3.63, 3.8) is 0 Å². The Hall–Kier alpha value is -3.27. The molecule has 0 bridgehead atoms. The Balaban J connectivity index is 1.96. The van der Waals surface area contributed by atoms with Gasteiger partial charge in [-0.2, -0.15) is 0 Å². The maximum Gasteiger partial charge on any atom is 0.242 e. The predicted molar refractivity (Wildman–Crippen MR) is 108 cm³/mol. The second kappa shape index (κ2) is 9.28. The third kappa shape index (κ3) is 6.68. The van der Waals surface area contributed by atoms with E-state index in [0.717, 1.165) is 12.1 Å². The number of rotatable bonds is 7. The summed E-state index contributed by atoms with van der Waals surface area (Å²) in [4.78, 5) is 35.2. The number of carbonyl (C=O) groups excluding carboxylic acids is 3. The van der Waals surface area contributed by atoms with Crippen molar-refractivity contribution in [3.8, 4) is 0 Å². The van der Waals surface area contributed by atoms with Crippen LogP contribution in [0.15, 0.2) is 48.5 Å². The van der Waals surface area contributed by atoms with Gasteiger partial charge in [-0.15, -0.1) is 0 Å². The lowest BCUT2D eigenvalue weighted by molar-refractivity contribution is -0.116. The van der Waals surface area contributed by atoms with Crippen LogP contribution in [0.5, 0.6) is 0 Å². The maximum atomic E-state index is 12.9. The van der Waals surface area contributed by atoms with Crippen LogP contribution >= 0.6 is 0 Å². The minimum absolute atomic E-state index is 0.239. The van der Waals surface area contributed by atoms with Crippen LogP contribution in [0.4, 0.5) is 21.5 Å². The van der Waals surface area contributed by atoms with Crippen molar-refractivity contribution in [3.05, 3.63) is 54.3 Å². The summed E-state index contributed by atoms with van der Waals surface area (Å²) in [6.07, 6.45) is 0. The summed E-state index contributed by atoms with van der Waals surface area (Å²) in [5.41, 5.74) is 1.10. The van der Waals surface area contributed by atoms with Crippen LogP contribution in [-0.4, -0.2) is 37.1 Å². The van der Waals surface area contributed by atoms with Crippen molar-refractivity contribution in [2.45, 2.75) is 19.1 Å². The van der Waals surface area contributed by atoms with Crippen molar-refractivity contribution in [1.82, 2.24) is 0 Å². The fourth-order valence-corrected chi connectivity index (χ4v) is 3.36. The molecule has 10 heteroatoms. The van der Waals surface area contributed by atoms with Crippen molar-refractivity contribution in [2.24, 2.45) is 0 Å². The summed E-state index contributed by atoms with van der Waals surface area (Å²) in [6, 6.07) is 10.9. The molecule has 8 nitrogen and oxygen atoms in total.